The molecule has 1 aliphatic heterocycles. The highest BCUT2D eigenvalue weighted by Crippen LogP contribution is 2.34. The molecule has 0 spiro atoms. The van der Waals surface area contributed by atoms with E-state index in [0.717, 1.165) is 5.56 Å². The molecule has 0 fully saturated rings. The van der Waals surface area contributed by atoms with Gasteiger partial charge in [0.1, 0.15) is 0 Å². The number of sulfone groups is 1. The van der Waals surface area contributed by atoms with Crippen molar-refractivity contribution in [3.63, 3.8) is 0 Å². The minimum Gasteiger partial charge on any atom is -0.319 e. The van der Waals surface area contributed by atoms with Gasteiger partial charge in [-0.3, -0.25) is 4.79 Å². The maximum atomic E-state index is 13.1. The molecule has 9 nitrogen and oxygen atoms in total. The Morgan fingerprint density at radius 1 is 1.16 bits per heavy atom. The quantitative estimate of drug-likeness (QED) is 0.617. The lowest BCUT2D eigenvalue weighted by Gasteiger charge is -2.24. The fourth-order valence-corrected chi connectivity index (χ4v) is 5.08. The van der Waals surface area contributed by atoms with Crippen molar-refractivity contribution in [3.8, 4) is 11.4 Å². The van der Waals surface area contributed by atoms with Crippen molar-refractivity contribution < 1.29 is 13.2 Å². The summed E-state index contributed by atoms with van der Waals surface area (Å²) in [6, 6.07) is 10.5. The summed E-state index contributed by atoms with van der Waals surface area (Å²) in [6.07, 6.45) is 0. The average Bonchev–Trinajstić information content (AvgIpc) is 3.21. The molecule has 0 unspecified atom stereocenters. The van der Waals surface area contributed by atoms with Crippen LogP contribution in [0.4, 0.5) is 5.69 Å². The Morgan fingerprint density at radius 3 is 2.47 bits per heavy atom. The molecule has 2 heterocycles. The Bertz CT molecular complexity index is 1280. The van der Waals surface area contributed by atoms with E-state index in [-0.39, 0.29) is 22.7 Å². The van der Waals surface area contributed by atoms with E-state index in [2.05, 4.69) is 15.4 Å². The molecule has 0 saturated heterocycles. The van der Waals surface area contributed by atoms with Crippen molar-refractivity contribution in [2.75, 3.05) is 10.7 Å². The number of halogens is 1. The molecule has 0 saturated carbocycles. The Kier molecular flexibility index (Phi) is 5.56. The predicted octanol–water partition coefficient (Wildman–Crippen LogP) is 2.40. The fourth-order valence-electron chi connectivity index (χ4n) is 3.40. The third kappa shape index (κ3) is 4.25. The lowest BCUT2D eigenvalue weighted by atomic mass is 10.1. The van der Waals surface area contributed by atoms with E-state index in [4.69, 9.17) is 17.3 Å². The Labute approximate surface area is 191 Å². The van der Waals surface area contributed by atoms with Gasteiger partial charge in [0.05, 0.1) is 34.5 Å². The number of hydrogen-bond acceptors (Lipinski definition) is 7. The minimum absolute atomic E-state index is 0.0414. The van der Waals surface area contributed by atoms with Crippen LogP contribution < -0.4 is 10.6 Å². The molecule has 1 amide bonds. The van der Waals surface area contributed by atoms with E-state index in [1.54, 1.807) is 36.4 Å². The number of carbonyl (C=O) groups is 1. The lowest BCUT2D eigenvalue weighted by Crippen LogP contribution is -2.45. The van der Waals surface area contributed by atoms with Gasteiger partial charge in [-0.15, -0.1) is 10.2 Å². The fraction of sp³-hybridized carbons (Fsp3) is 0.333. The van der Waals surface area contributed by atoms with E-state index in [1.807, 2.05) is 20.8 Å². The van der Waals surface area contributed by atoms with E-state index >= 15 is 0 Å². The van der Waals surface area contributed by atoms with Crippen molar-refractivity contribution in [2.45, 2.75) is 43.8 Å². The molecular formula is C21H23ClN6O3S. The Morgan fingerprint density at radius 2 is 1.84 bits per heavy atom. The van der Waals surface area contributed by atoms with Gasteiger partial charge in [-0.1, -0.05) is 23.7 Å². The first kappa shape index (κ1) is 22.4. The van der Waals surface area contributed by atoms with Gasteiger partial charge in [0.25, 0.3) is 0 Å². The van der Waals surface area contributed by atoms with Gasteiger partial charge in [-0.2, -0.15) is 4.80 Å². The van der Waals surface area contributed by atoms with Gasteiger partial charge in [-0.05, 0) is 61.9 Å². The first-order valence-electron chi connectivity index (χ1n) is 9.95. The van der Waals surface area contributed by atoms with E-state index in [9.17, 15) is 13.2 Å². The predicted molar refractivity (Wildman–Crippen MR) is 121 cm³/mol. The maximum Gasteiger partial charge on any atom is 0.245 e. The highest BCUT2D eigenvalue weighted by atomic mass is 35.5. The molecule has 4 rings (SSSR count). The van der Waals surface area contributed by atoms with Gasteiger partial charge in [0.15, 0.2) is 9.84 Å². The van der Waals surface area contributed by atoms with Crippen LogP contribution in [0.1, 0.15) is 26.3 Å². The molecule has 0 bridgehead atoms. The van der Waals surface area contributed by atoms with Crippen molar-refractivity contribution in [3.05, 3.63) is 53.1 Å². The van der Waals surface area contributed by atoms with Crippen LogP contribution in [-0.2, 0) is 26.7 Å². The van der Waals surface area contributed by atoms with Crippen LogP contribution in [-0.4, -0.2) is 46.3 Å². The molecule has 2 aromatic carbocycles. The average molecular weight is 475 g/mol. The highest BCUT2D eigenvalue weighted by Gasteiger charge is 2.36. The van der Waals surface area contributed by atoms with Crippen LogP contribution in [0, 0.1) is 0 Å². The van der Waals surface area contributed by atoms with Crippen LogP contribution >= 0.6 is 11.6 Å². The summed E-state index contributed by atoms with van der Waals surface area (Å²) in [6.45, 7) is 5.96. The molecule has 0 radical (unpaired) electrons. The molecule has 2 N–H and O–H groups in total. The van der Waals surface area contributed by atoms with Gasteiger partial charge in [0, 0.05) is 10.6 Å². The number of nitrogens with zero attached hydrogens (tertiary/aromatic N) is 5. The third-order valence-corrected chi connectivity index (χ3v) is 7.16. The smallest absolute Gasteiger partial charge is 0.245 e. The zero-order chi connectivity index (χ0) is 23.3. The first-order valence-corrected chi connectivity index (χ1v) is 12.0. The second kappa shape index (κ2) is 7.95. The second-order valence-corrected chi connectivity index (χ2v) is 11.1. The Balaban J connectivity index is 1.84. The molecule has 3 aromatic rings. The summed E-state index contributed by atoms with van der Waals surface area (Å²) in [7, 11) is -3.78. The summed E-state index contributed by atoms with van der Waals surface area (Å²) in [4.78, 5) is 16.0. The number of fused-ring (bicyclic) bond motifs is 1. The highest BCUT2D eigenvalue weighted by molar-refractivity contribution is 7.91. The standard InChI is InChI=1S/C21H23ClN6O3S/c1-21(2,3)28-25-19(24-26-28)14-6-9-18-17(10-14)27(11-13-4-7-15(22)8-5-13)20(29)16(23)12-32(18,30)31/h4-10,16H,11-12,23H2,1-3H3/t16-/m0/s1. The van der Waals surface area contributed by atoms with Gasteiger partial charge in [0.2, 0.25) is 11.7 Å². The van der Waals surface area contributed by atoms with Gasteiger partial charge in [-0.25, -0.2) is 8.42 Å². The summed E-state index contributed by atoms with van der Waals surface area (Å²) in [5, 5.41) is 13.2. The molecule has 168 valence electrons. The molecule has 1 atom stereocenters. The molecule has 11 heteroatoms. The molecule has 1 aliphatic rings. The lowest BCUT2D eigenvalue weighted by molar-refractivity contribution is -0.119. The number of nitrogens with two attached hydrogens (primary N) is 1. The third-order valence-electron chi connectivity index (χ3n) is 5.09. The monoisotopic (exact) mass is 474 g/mol. The number of amides is 1. The largest absolute Gasteiger partial charge is 0.319 e. The first-order chi connectivity index (χ1) is 15.0. The second-order valence-electron chi connectivity index (χ2n) is 8.69. The van der Waals surface area contributed by atoms with E-state index in [0.29, 0.717) is 16.4 Å². The summed E-state index contributed by atoms with van der Waals surface area (Å²) < 4.78 is 25.9. The van der Waals surface area contributed by atoms with Crippen LogP contribution in [0.15, 0.2) is 47.4 Å². The zero-order valence-electron chi connectivity index (χ0n) is 17.9. The number of rotatable bonds is 3. The SMILES string of the molecule is CC(C)(C)n1nnc(-c2ccc3c(c2)N(Cc2ccc(Cl)cc2)C(=O)[C@@H](N)CS3(=O)=O)n1. The molecule has 0 aliphatic carbocycles. The number of benzene rings is 2. The number of aromatic nitrogens is 4. The molecule has 1 aromatic heterocycles. The van der Waals surface area contributed by atoms with Crippen LogP contribution in [0.5, 0.6) is 0 Å². The number of hydrogen-bond donors (Lipinski definition) is 1. The summed E-state index contributed by atoms with van der Waals surface area (Å²) in [5.74, 6) is -0.619. The normalized spacial score (nSPS) is 18.3. The van der Waals surface area contributed by atoms with Crippen LogP contribution in [0.2, 0.25) is 5.02 Å². The molecular weight excluding hydrogens is 452 g/mol. The van der Waals surface area contributed by atoms with Gasteiger partial charge < -0.3 is 10.6 Å². The summed E-state index contributed by atoms with van der Waals surface area (Å²) in [5.41, 5.74) is 7.16. The van der Waals surface area contributed by atoms with Crippen molar-refractivity contribution in [1.29, 1.82) is 0 Å². The minimum atomic E-state index is -3.78. The van der Waals surface area contributed by atoms with Crippen molar-refractivity contribution in [1.82, 2.24) is 20.2 Å². The molecule has 32 heavy (non-hydrogen) atoms. The number of tetrazole rings is 1. The van der Waals surface area contributed by atoms with Crippen molar-refractivity contribution >= 4 is 33.0 Å². The van der Waals surface area contributed by atoms with E-state index < -0.39 is 27.5 Å². The topological polar surface area (TPSA) is 124 Å². The van der Waals surface area contributed by atoms with Gasteiger partial charge >= 0.3 is 0 Å². The maximum absolute atomic E-state index is 13.1. The Hall–Kier alpha value is -2.82. The van der Waals surface area contributed by atoms with E-state index in [1.165, 1.54) is 15.8 Å². The number of carbonyl (C=O) groups excluding carboxylic acids is 1. The van der Waals surface area contributed by atoms with Crippen LogP contribution in [0.3, 0.4) is 0 Å². The van der Waals surface area contributed by atoms with Crippen LogP contribution in [0.25, 0.3) is 11.4 Å². The zero-order valence-corrected chi connectivity index (χ0v) is 19.4. The number of anilines is 1. The van der Waals surface area contributed by atoms with Crippen molar-refractivity contribution in [2.24, 2.45) is 5.73 Å². The summed E-state index contributed by atoms with van der Waals surface area (Å²) >= 11 is 5.97.